The van der Waals surface area contributed by atoms with E-state index in [1.165, 1.54) is 6.07 Å². The Kier molecular flexibility index (Phi) is 5.06. The Hall–Kier alpha value is -0.980. The summed E-state index contributed by atoms with van der Waals surface area (Å²) >= 11 is 4.88. The van der Waals surface area contributed by atoms with Crippen molar-refractivity contribution in [2.24, 2.45) is 11.1 Å². The predicted octanol–water partition coefficient (Wildman–Crippen LogP) is 2.04. The molecule has 0 heterocycles. The van der Waals surface area contributed by atoms with Crippen LogP contribution in [0.3, 0.4) is 0 Å². The molecule has 0 bridgehead atoms. The molecule has 0 saturated carbocycles. The third-order valence-electron chi connectivity index (χ3n) is 3.14. The summed E-state index contributed by atoms with van der Waals surface area (Å²) in [7, 11) is -3.60. The van der Waals surface area contributed by atoms with Gasteiger partial charge in [0, 0.05) is 12.1 Å². The fourth-order valence-electron chi connectivity index (χ4n) is 1.40. The Morgan fingerprint density at radius 3 is 2.47 bits per heavy atom. The van der Waals surface area contributed by atoms with Crippen LogP contribution >= 0.6 is 12.2 Å². The van der Waals surface area contributed by atoms with E-state index < -0.39 is 10.0 Å². The standard InChI is InChI=1S/C13H20N2O2S2/c1-4-13(2,3)9-15-19(16,17)11-8-6-5-7-10(11)12(14)18/h5-8,15H,4,9H2,1-3H3,(H2,14,18). The lowest BCUT2D eigenvalue weighted by atomic mass is 9.91. The van der Waals surface area contributed by atoms with E-state index >= 15 is 0 Å². The molecule has 0 aliphatic rings. The zero-order chi connectivity index (χ0) is 14.7. The van der Waals surface area contributed by atoms with E-state index in [9.17, 15) is 8.42 Å². The highest BCUT2D eigenvalue weighted by molar-refractivity contribution is 7.89. The molecule has 6 heteroatoms. The molecule has 0 aliphatic carbocycles. The minimum absolute atomic E-state index is 0.0794. The fourth-order valence-corrected chi connectivity index (χ4v) is 3.10. The second-order valence-electron chi connectivity index (χ2n) is 5.20. The monoisotopic (exact) mass is 300 g/mol. The van der Waals surface area contributed by atoms with Crippen LogP contribution in [0, 0.1) is 5.41 Å². The Labute approximate surface area is 120 Å². The van der Waals surface area contributed by atoms with E-state index in [-0.39, 0.29) is 15.3 Å². The number of benzene rings is 1. The summed E-state index contributed by atoms with van der Waals surface area (Å²) in [4.78, 5) is 0.213. The molecule has 3 N–H and O–H groups in total. The molecule has 0 atom stereocenters. The van der Waals surface area contributed by atoms with Gasteiger partial charge in [-0.3, -0.25) is 0 Å². The van der Waals surface area contributed by atoms with Gasteiger partial charge in [0.05, 0.1) is 4.90 Å². The normalized spacial score (nSPS) is 12.4. The van der Waals surface area contributed by atoms with Crippen molar-refractivity contribution in [3.05, 3.63) is 29.8 Å². The first-order valence-corrected chi connectivity index (χ1v) is 7.97. The van der Waals surface area contributed by atoms with Crippen LogP contribution < -0.4 is 10.5 Å². The third-order valence-corrected chi connectivity index (χ3v) is 4.82. The van der Waals surface area contributed by atoms with E-state index in [1.54, 1.807) is 18.2 Å². The summed E-state index contributed by atoms with van der Waals surface area (Å²) in [6.07, 6.45) is 0.881. The lowest BCUT2D eigenvalue weighted by molar-refractivity contribution is 0.350. The van der Waals surface area contributed by atoms with Crippen molar-refractivity contribution in [3.8, 4) is 0 Å². The molecular formula is C13H20N2O2S2. The summed E-state index contributed by atoms with van der Waals surface area (Å²) < 4.78 is 27.2. The average molecular weight is 300 g/mol. The average Bonchev–Trinajstić information content (AvgIpc) is 2.37. The van der Waals surface area contributed by atoms with Gasteiger partial charge in [0.25, 0.3) is 0 Å². The van der Waals surface area contributed by atoms with Crippen molar-refractivity contribution < 1.29 is 8.42 Å². The first-order chi connectivity index (χ1) is 8.69. The van der Waals surface area contributed by atoms with Crippen LogP contribution in [0.1, 0.15) is 32.8 Å². The zero-order valence-corrected chi connectivity index (χ0v) is 13.1. The first kappa shape index (κ1) is 16.1. The van der Waals surface area contributed by atoms with Gasteiger partial charge >= 0.3 is 0 Å². The Morgan fingerprint density at radius 2 is 1.95 bits per heavy atom. The van der Waals surface area contributed by atoms with Crippen LogP contribution in [0.25, 0.3) is 0 Å². The minimum Gasteiger partial charge on any atom is -0.389 e. The zero-order valence-electron chi connectivity index (χ0n) is 11.4. The van der Waals surface area contributed by atoms with Crippen molar-refractivity contribution >= 4 is 27.2 Å². The summed E-state index contributed by atoms with van der Waals surface area (Å²) in [6, 6.07) is 6.49. The second kappa shape index (κ2) is 5.98. The highest BCUT2D eigenvalue weighted by Gasteiger charge is 2.23. The number of sulfonamides is 1. The quantitative estimate of drug-likeness (QED) is 0.789. The highest BCUT2D eigenvalue weighted by atomic mass is 32.2. The van der Waals surface area contributed by atoms with Crippen LogP contribution in [0.5, 0.6) is 0 Å². The molecule has 19 heavy (non-hydrogen) atoms. The van der Waals surface area contributed by atoms with Crippen molar-refractivity contribution in [1.82, 2.24) is 4.72 Å². The van der Waals surface area contributed by atoms with Gasteiger partial charge in [-0.2, -0.15) is 0 Å². The lowest BCUT2D eigenvalue weighted by Gasteiger charge is -2.23. The summed E-state index contributed by atoms with van der Waals surface area (Å²) in [6.45, 7) is 6.42. The van der Waals surface area contributed by atoms with Gasteiger partial charge in [0.15, 0.2) is 0 Å². The molecule has 0 saturated heterocycles. The molecule has 1 rings (SSSR count). The number of nitrogens with one attached hydrogen (secondary N) is 1. The largest absolute Gasteiger partial charge is 0.389 e. The van der Waals surface area contributed by atoms with Crippen molar-refractivity contribution in [2.45, 2.75) is 32.1 Å². The number of hydrogen-bond donors (Lipinski definition) is 2. The Balaban J connectivity index is 3.05. The number of thiocarbonyl (C=S) groups is 1. The Morgan fingerprint density at radius 1 is 1.37 bits per heavy atom. The summed E-state index contributed by atoms with van der Waals surface area (Å²) in [5.41, 5.74) is 5.84. The predicted molar refractivity (Wildman–Crippen MR) is 81.6 cm³/mol. The maximum Gasteiger partial charge on any atom is 0.241 e. The molecule has 0 radical (unpaired) electrons. The molecule has 106 valence electrons. The molecule has 1 aromatic carbocycles. The van der Waals surface area contributed by atoms with E-state index in [4.69, 9.17) is 18.0 Å². The van der Waals surface area contributed by atoms with Gasteiger partial charge in [-0.15, -0.1) is 0 Å². The summed E-state index contributed by atoms with van der Waals surface area (Å²) in [5.74, 6) is 0. The SMILES string of the molecule is CCC(C)(C)CNS(=O)(=O)c1ccccc1C(N)=S. The van der Waals surface area contributed by atoms with Crippen LogP contribution in [-0.2, 0) is 10.0 Å². The number of hydrogen-bond acceptors (Lipinski definition) is 3. The van der Waals surface area contributed by atoms with Crippen molar-refractivity contribution in [1.29, 1.82) is 0 Å². The maximum absolute atomic E-state index is 12.3. The van der Waals surface area contributed by atoms with E-state index in [1.807, 2.05) is 20.8 Å². The molecule has 4 nitrogen and oxygen atoms in total. The Bertz CT molecular complexity index is 566. The van der Waals surface area contributed by atoms with Gasteiger partial charge in [0.1, 0.15) is 4.99 Å². The first-order valence-electron chi connectivity index (χ1n) is 6.08. The maximum atomic E-state index is 12.3. The van der Waals surface area contributed by atoms with Crippen LogP contribution in [0.4, 0.5) is 0 Å². The van der Waals surface area contributed by atoms with Gasteiger partial charge in [0.2, 0.25) is 10.0 Å². The van der Waals surface area contributed by atoms with Gasteiger partial charge in [-0.05, 0) is 17.9 Å². The highest BCUT2D eigenvalue weighted by Crippen LogP contribution is 2.20. The second-order valence-corrected chi connectivity index (χ2v) is 7.38. The van der Waals surface area contributed by atoms with Crippen LogP contribution in [-0.4, -0.2) is 20.0 Å². The number of rotatable bonds is 6. The fraction of sp³-hybridized carbons (Fsp3) is 0.462. The molecule has 0 amide bonds. The molecule has 0 unspecified atom stereocenters. The van der Waals surface area contributed by atoms with Gasteiger partial charge < -0.3 is 5.73 Å². The molecule has 1 aromatic rings. The van der Waals surface area contributed by atoms with Crippen molar-refractivity contribution in [2.75, 3.05) is 6.54 Å². The smallest absolute Gasteiger partial charge is 0.241 e. The van der Waals surface area contributed by atoms with E-state index in [0.717, 1.165) is 6.42 Å². The summed E-state index contributed by atoms with van der Waals surface area (Å²) in [5, 5.41) is 0. The van der Waals surface area contributed by atoms with Gasteiger partial charge in [-0.1, -0.05) is 51.2 Å². The van der Waals surface area contributed by atoms with Crippen LogP contribution in [0.15, 0.2) is 29.2 Å². The number of nitrogens with two attached hydrogens (primary N) is 1. The minimum atomic E-state index is -3.60. The molecule has 0 aromatic heterocycles. The topological polar surface area (TPSA) is 72.2 Å². The van der Waals surface area contributed by atoms with Crippen molar-refractivity contribution in [3.63, 3.8) is 0 Å². The van der Waals surface area contributed by atoms with Gasteiger partial charge in [-0.25, -0.2) is 13.1 Å². The molecule has 0 fully saturated rings. The molecule has 0 spiro atoms. The van der Waals surface area contributed by atoms with E-state index in [0.29, 0.717) is 12.1 Å². The third kappa shape index (κ3) is 4.26. The lowest BCUT2D eigenvalue weighted by Crippen LogP contribution is -2.34. The van der Waals surface area contributed by atoms with E-state index in [2.05, 4.69) is 4.72 Å². The molecule has 0 aliphatic heterocycles. The molecular weight excluding hydrogens is 280 g/mol. The van der Waals surface area contributed by atoms with Crippen LogP contribution in [0.2, 0.25) is 0 Å².